The van der Waals surface area contributed by atoms with Crippen LogP contribution in [0, 0.1) is 13.8 Å². The van der Waals surface area contributed by atoms with Gasteiger partial charge in [-0.2, -0.15) is 5.10 Å². The lowest BCUT2D eigenvalue weighted by molar-refractivity contribution is 0.285. The molecule has 0 aliphatic rings. The normalized spacial score (nSPS) is 10.1. The number of rotatable bonds is 3. The largest absolute Gasteiger partial charge is 0.470 e. The predicted octanol–water partition coefficient (Wildman–Crippen LogP) is 2.07. The van der Waals surface area contributed by atoms with E-state index >= 15 is 0 Å². The Morgan fingerprint density at radius 1 is 1.19 bits per heavy atom. The first-order valence-corrected chi connectivity index (χ1v) is 5.09. The van der Waals surface area contributed by atoms with Gasteiger partial charge in [-0.1, -0.05) is 6.07 Å². The number of pyridine rings is 1. The first-order valence-electron chi connectivity index (χ1n) is 5.09. The van der Waals surface area contributed by atoms with Crippen molar-refractivity contribution >= 4 is 0 Å². The van der Waals surface area contributed by atoms with Crippen LogP contribution in [0.25, 0.3) is 0 Å². The Morgan fingerprint density at radius 3 is 2.75 bits per heavy atom. The van der Waals surface area contributed by atoms with Crippen molar-refractivity contribution in [2.45, 2.75) is 20.5 Å². The van der Waals surface area contributed by atoms with Gasteiger partial charge in [0.2, 0.25) is 5.88 Å². The molecule has 2 aromatic heterocycles. The molecule has 0 amide bonds. The Kier molecular flexibility index (Phi) is 3.10. The number of hydrogen-bond acceptors (Lipinski definition) is 4. The molecule has 0 atom stereocenters. The van der Waals surface area contributed by atoms with E-state index in [4.69, 9.17) is 4.74 Å². The minimum absolute atomic E-state index is 0.415. The standard InChI is InChI=1S/C12H13N3O/c1-9-7-12(15-14-10(9)2)16-8-11-5-3-4-6-13-11/h3-7H,8H2,1-2H3. The third-order valence-electron chi connectivity index (χ3n) is 2.30. The van der Waals surface area contributed by atoms with Gasteiger partial charge in [0.25, 0.3) is 0 Å². The third kappa shape index (κ3) is 2.53. The number of ether oxygens (including phenoxy) is 1. The van der Waals surface area contributed by atoms with Gasteiger partial charge in [0.1, 0.15) is 6.61 Å². The van der Waals surface area contributed by atoms with E-state index < -0.39 is 0 Å². The number of aryl methyl sites for hydroxylation is 2. The smallest absolute Gasteiger partial charge is 0.234 e. The van der Waals surface area contributed by atoms with Gasteiger partial charge in [0.15, 0.2) is 0 Å². The Balaban J connectivity index is 2.03. The van der Waals surface area contributed by atoms with Gasteiger partial charge in [-0.15, -0.1) is 5.10 Å². The number of hydrogen-bond donors (Lipinski definition) is 0. The zero-order chi connectivity index (χ0) is 11.4. The molecule has 4 nitrogen and oxygen atoms in total. The van der Waals surface area contributed by atoms with Gasteiger partial charge in [-0.05, 0) is 31.5 Å². The summed E-state index contributed by atoms with van der Waals surface area (Å²) in [7, 11) is 0. The SMILES string of the molecule is Cc1cc(OCc2ccccn2)nnc1C. The van der Waals surface area contributed by atoms with Crippen molar-refractivity contribution in [1.82, 2.24) is 15.2 Å². The molecule has 0 aromatic carbocycles. The highest BCUT2D eigenvalue weighted by Gasteiger charge is 2.01. The second kappa shape index (κ2) is 4.70. The summed E-state index contributed by atoms with van der Waals surface area (Å²) in [5.41, 5.74) is 2.87. The Bertz CT molecular complexity index is 471. The summed E-state index contributed by atoms with van der Waals surface area (Å²) < 4.78 is 5.49. The quantitative estimate of drug-likeness (QED) is 0.786. The van der Waals surface area contributed by atoms with Crippen molar-refractivity contribution in [3.8, 4) is 5.88 Å². The molecule has 0 saturated heterocycles. The molecule has 4 heteroatoms. The van der Waals surface area contributed by atoms with Crippen molar-refractivity contribution in [3.05, 3.63) is 47.4 Å². The summed E-state index contributed by atoms with van der Waals surface area (Å²) in [6.07, 6.45) is 1.74. The maximum Gasteiger partial charge on any atom is 0.234 e. The first kappa shape index (κ1) is 10.5. The number of aromatic nitrogens is 3. The van der Waals surface area contributed by atoms with Crippen LogP contribution in [0.2, 0.25) is 0 Å². The summed E-state index contributed by atoms with van der Waals surface area (Å²) in [5, 5.41) is 7.95. The molecular weight excluding hydrogens is 202 g/mol. The van der Waals surface area contributed by atoms with Crippen LogP contribution in [0.1, 0.15) is 17.0 Å². The van der Waals surface area contributed by atoms with Crippen LogP contribution in [0.5, 0.6) is 5.88 Å². The van der Waals surface area contributed by atoms with Crippen molar-refractivity contribution in [3.63, 3.8) is 0 Å². The van der Waals surface area contributed by atoms with Crippen LogP contribution in [0.3, 0.4) is 0 Å². The van der Waals surface area contributed by atoms with Crippen LogP contribution in [0.15, 0.2) is 30.5 Å². The third-order valence-corrected chi connectivity index (χ3v) is 2.30. The average molecular weight is 215 g/mol. The highest BCUT2D eigenvalue weighted by atomic mass is 16.5. The van der Waals surface area contributed by atoms with E-state index in [9.17, 15) is 0 Å². The molecule has 0 aliphatic carbocycles. The van der Waals surface area contributed by atoms with Crippen molar-refractivity contribution in [2.75, 3.05) is 0 Å². The Labute approximate surface area is 94.3 Å². The van der Waals surface area contributed by atoms with E-state index in [0.29, 0.717) is 12.5 Å². The molecule has 2 heterocycles. The van der Waals surface area contributed by atoms with Gasteiger partial charge in [-0.3, -0.25) is 4.98 Å². The van der Waals surface area contributed by atoms with Crippen molar-refractivity contribution < 1.29 is 4.74 Å². The summed E-state index contributed by atoms with van der Waals surface area (Å²) >= 11 is 0. The van der Waals surface area contributed by atoms with Gasteiger partial charge < -0.3 is 4.74 Å². The maximum atomic E-state index is 5.49. The lowest BCUT2D eigenvalue weighted by Crippen LogP contribution is -2.01. The molecular formula is C12H13N3O. The highest BCUT2D eigenvalue weighted by molar-refractivity contribution is 5.21. The fourth-order valence-corrected chi connectivity index (χ4v) is 1.22. The minimum Gasteiger partial charge on any atom is -0.470 e. The fourth-order valence-electron chi connectivity index (χ4n) is 1.22. The molecule has 0 N–H and O–H groups in total. The average Bonchev–Trinajstić information content (AvgIpc) is 2.32. The molecule has 0 bridgehead atoms. The second-order valence-electron chi connectivity index (χ2n) is 3.56. The Morgan fingerprint density at radius 2 is 2.06 bits per heavy atom. The molecule has 2 aromatic rings. The zero-order valence-electron chi connectivity index (χ0n) is 9.34. The lowest BCUT2D eigenvalue weighted by Gasteiger charge is -2.05. The molecule has 2 rings (SSSR count). The van der Waals surface area contributed by atoms with Crippen LogP contribution in [-0.4, -0.2) is 15.2 Å². The zero-order valence-corrected chi connectivity index (χ0v) is 9.34. The molecule has 0 radical (unpaired) electrons. The van der Waals surface area contributed by atoms with E-state index in [-0.39, 0.29) is 0 Å². The number of nitrogens with zero attached hydrogens (tertiary/aromatic N) is 3. The molecule has 0 spiro atoms. The van der Waals surface area contributed by atoms with Gasteiger partial charge in [0.05, 0.1) is 11.4 Å². The molecule has 0 saturated carbocycles. The van der Waals surface area contributed by atoms with Crippen molar-refractivity contribution in [1.29, 1.82) is 0 Å². The van der Waals surface area contributed by atoms with E-state index in [1.807, 2.05) is 38.1 Å². The lowest BCUT2D eigenvalue weighted by atomic mass is 10.2. The van der Waals surface area contributed by atoms with Crippen LogP contribution < -0.4 is 4.74 Å². The van der Waals surface area contributed by atoms with Gasteiger partial charge in [-0.25, -0.2) is 0 Å². The highest BCUT2D eigenvalue weighted by Crippen LogP contribution is 2.11. The molecule has 0 fully saturated rings. The monoisotopic (exact) mass is 215 g/mol. The van der Waals surface area contributed by atoms with Crippen LogP contribution >= 0.6 is 0 Å². The molecule has 82 valence electrons. The fraction of sp³-hybridized carbons (Fsp3) is 0.250. The van der Waals surface area contributed by atoms with E-state index in [1.165, 1.54) is 0 Å². The maximum absolute atomic E-state index is 5.49. The van der Waals surface area contributed by atoms with Crippen LogP contribution in [0.4, 0.5) is 0 Å². The summed E-state index contributed by atoms with van der Waals surface area (Å²) in [4.78, 5) is 4.16. The predicted molar refractivity (Wildman–Crippen MR) is 60.1 cm³/mol. The summed E-state index contributed by atoms with van der Waals surface area (Å²) in [6.45, 7) is 4.32. The topological polar surface area (TPSA) is 47.9 Å². The second-order valence-corrected chi connectivity index (χ2v) is 3.56. The van der Waals surface area contributed by atoms with E-state index in [0.717, 1.165) is 17.0 Å². The summed E-state index contributed by atoms with van der Waals surface area (Å²) in [5.74, 6) is 0.536. The molecule has 0 unspecified atom stereocenters. The molecule has 0 aliphatic heterocycles. The van der Waals surface area contributed by atoms with Crippen molar-refractivity contribution in [2.24, 2.45) is 0 Å². The Hall–Kier alpha value is -1.97. The molecule has 16 heavy (non-hydrogen) atoms. The van der Waals surface area contributed by atoms with Gasteiger partial charge in [0, 0.05) is 12.3 Å². The van der Waals surface area contributed by atoms with E-state index in [2.05, 4.69) is 15.2 Å². The van der Waals surface area contributed by atoms with Gasteiger partial charge >= 0.3 is 0 Å². The van der Waals surface area contributed by atoms with E-state index in [1.54, 1.807) is 6.20 Å². The first-order chi connectivity index (χ1) is 7.75. The summed E-state index contributed by atoms with van der Waals surface area (Å²) in [6, 6.07) is 7.59. The minimum atomic E-state index is 0.415. The van der Waals surface area contributed by atoms with Crippen LogP contribution in [-0.2, 0) is 6.61 Å².